The summed E-state index contributed by atoms with van der Waals surface area (Å²) in [5.41, 5.74) is 1.95. The lowest BCUT2D eigenvalue weighted by atomic mass is 10.1. The quantitative estimate of drug-likeness (QED) is 0.944. The Morgan fingerprint density at radius 3 is 2.88 bits per heavy atom. The molecule has 1 aromatic heterocycles. The number of aliphatic hydroxyl groups excluding tert-OH is 1. The topological polar surface area (TPSA) is 59.2 Å². The third-order valence-corrected chi connectivity index (χ3v) is 3.42. The molecule has 0 amide bonds. The van der Waals surface area contributed by atoms with Crippen LogP contribution in [0.25, 0.3) is 11.5 Å². The molecule has 0 aliphatic carbocycles. The third-order valence-electron chi connectivity index (χ3n) is 2.53. The molecule has 2 rings (SSSR count). The monoisotopic (exact) mass is 296 g/mol. The van der Waals surface area contributed by atoms with Gasteiger partial charge in [-0.05, 0) is 37.1 Å². The van der Waals surface area contributed by atoms with Gasteiger partial charge in [0.2, 0.25) is 5.82 Å². The number of hydrogen-bond donors (Lipinski definition) is 1. The van der Waals surface area contributed by atoms with Crippen LogP contribution in [0.15, 0.2) is 27.2 Å². The molecule has 0 spiro atoms. The maximum Gasteiger partial charge on any atom is 0.258 e. The molecule has 0 fully saturated rings. The van der Waals surface area contributed by atoms with Crippen molar-refractivity contribution < 1.29 is 9.63 Å². The van der Waals surface area contributed by atoms with Crippen molar-refractivity contribution in [3.63, 3.8) is 0 Å². The lowest BCUT2D eigenvalue weighted by molar-refractivity contribution is 0.159. The van der Waals surface area contributed by atoms with Crippen molar-refractivity contribution in [3.8, 4) is 11.5 Å². The average molecular weight is 297 g/mol. The highest BCUT2D eigenvalue weighted by atomic mass is 79.9. The van der Waals surface area contributed by atoms with Crippen molar-refractivity contribution >= 4 is 15.9 Å². The number of aliphatic hydroxyl groups is 1. The van der Waals surface area contributed by atoms with Crippen molar-refractivity contribution in [2.24, 2.45) is 0 Å². The van der Waals surface area contributed by atoms with Crippen LogP contribution in [0.3, 0.4) is 0 Å². The molecule has 1 aromatic carbocycles. The van der Waals surface area contributed by atoms with E-state index in [4.69, 9.17) is 4.52 Å². The Labute approximate surface area is 108 Å². The Morgan fingerprint density at radius 1 is 1.47 bits per heavy atom. The first kappa shape index (κ1) is 12.3. The van der Waals surface area contributed by atoms with E-state index in [1.807, 2.05) is 32.0 Å². The van der Waals surface area contributed by atoms with Crippen LogP contribution in [0.4, 0.5) is 0 Å². The van der Waals surface area contributed by atoms with Crippen LogP contribution in [-0.4, -0.2) is 15.2 Å². The van der Waals surface area contributed by atoms with E-state index in [1.165, 1.54) is 0 Å². The van der Waals surface area contributed by atoms with Gasteiger partial charge in [-0.3, -0.25) is 0 Å². The zero-order chi connectivity index (χ0) is 12.4. The van der Waals surface area contributed by atoms with Crippen molar-refractivity contribution in [1.29, 1.82) is 0 Å². The molecule has 4 nitrogen and oxygen atoms in total. The Kier molecular flexibility index (Phi) is 3.59. The van der Waals surface area contributed by atoms with Gasteiger partial charge in [0, 0.05) is 10.0 Å². The SMILES string of the molecule is CCC(O)c1noc(-c2ccc(Br)c(C)c2)n1. The summed E-state index contributed by atoms with van der Waals surface area (Å²) in [7, 11) is 0. The van der Waals surface area contributed by atoms with Crippen molar-refractivity contribution in [2.45, 2.75) is 26.4 Å². The fourth-order valence-corrected chi connectivity index (χ4v) is 1.69. The molecule has 2 aromatic rings. The number of aryl methyl sites for hydroxylation is 1. The molecule has 0 saturated carbocycles. The fraction of sp³-hybridized carbons (Fsp3) is 0.333. The van der Waals surface area contributed by atoms with E-state index in [9.17, 15) is 5.11 Å². The lowest BCUT2D eigenvalue weighted by Crippen LogP contribution is -1.97. The molecule has 1 atom stereocenters. The van der Waals surface area contributed by atoms with E-state index < -0.39 is 6.10 Å². The number of halogens is 1. The highest BCUT2D eigenvalue weighted by Crippen LogP contribution is 2.25. The summed E-state index contributed by atoms with van der Waals surface area (Å²) in [6.07, 6.45) is -0.0951. The van der Waals surface area contributed by atoms with Gasteiger partial charge in [0.25, 0.3) is 5.89 Å². The van der Waals surface area contributed by atoms with Crippen molar-refractivity contribution in [1.82, 2.24) is 10.1 Å². The van der Waals surface area contributed by atoms with Crippen LogP contribution in [0, 0.1) is 6.92 Å². The molecule has 0 bridgehead atoms. The number of rotatable bonds is 3. The van der Waals surface area contributed by atoms with E-state index in [2.05, 4.69) is 26.1 Å². The molecule has 1 unspecified atom stereocenters. The van der Waals surface area contributed by atoms with Crippen LogP contribution in [-0.2, 0) is 0 Å². The van der Waals surface area contributed by atoms with Gasteiger partial charge in [-0.1, -0.05) is 28.0 Å². The molecule has 17 heavy (non-hydrogen) atoms. The zero-order valence-corrected chi connectivity index (χ0v) is 11.2. The minimum Gasteiger partial charge on any atom is -0.385 e. The van der Waals surface area contributed by atoms with Crippen LogP contribution in [0.5, 0.6) is 0 Å². The Morgan fingerprint density at radius 2 is 2.24 bits per heavy atom. The maximum atomic E-state index is 9.60. The maximum absolute atomic E-state index is 9.60. The molecule has 1 heterocycles. The van der Waals surface area contributed by atoms with Gasteiger partial charge in [0.15, 0.2) is 0 Å². The van der Waals surface area contributed by atoms with E-state index >= 15 is 0 Å². The molecule has 0 aliphatic heterocycles. The molecule has 90 valence electrons. The predicted molar refractivity (Wildman–Crippen MR) is 67.4 cm³/mol. The fourth-order valence-electron chi connectivity index (χ4n) is 1.45. The van der Waals surface area contributed by atoms with Crippen molar-refractivity contribution in [2.75, 3.05) is 0 Å². The summed E-state index contributed by atoms with van der Waals surface area (Å²) < 4.78 is 6.17. The molecule has 0 saturated heterocycles. The average Bonchev–Trinajstić information content (AvgIpc) is 2.81. The number of benzene rings is 1. The van der Waals surface area contributed by atoms with E-state index in [1.54, 1.807) is 0 Å². The van der Waals surface area contributed by atoms with Crippen molar-refractivity contribution in [3.05, 3.63) is 34.1 Å². The molecule has 0 aliphatic rings. The summed E-state index contributed by atoms with van der Waals surface area (Å²) in [6, 6.07) is 5.79. The summed E-state index contributed by atoms with van der Waals surface area (Å²) in [4.78, 5) is 4.18. The second kappa shape index (κ2) is 4.98. The van der Waals surface area contributed by atoms with Crippen LogP contribution in [0.2, 0.25) is 0 Å². The van der Waals surface area contributed by atoms with Gasteiger partial charge in [0.05, 0.1) is 0 Å². The highest BCUT2D eigenvalue weighted by Gasteiger charge is 2.14. The molecule has 5 heteroatoms. The molecule has 0 radical (unpaired) electrons. The normalized spacial score (nSPS) is 12.7. The summed E-state index contributed by atoms with van der Waals surface area (Å²) in [6.45, 7) is 3.86. The number of aromatic nitrogens is 2. The minimum absolute atomic E-state index is 0.336. The smallest absolute Gasteiger partial charge is 0.258 e. The minimum atomic E-state index is -0.663. The summed E-state index contributed by atoms with van der Waals surface area (Å²) in [5.74, 6) is 0.770. The molecular formula is C12H13BrN2O2. The van der Waals surface area contributed by atoms with E-state index in [0.29, 0.717) is 18.1 Å². The first-order valence-electron chi connectivity index (χ1n) is 5.40. The largest absolute Gasteiger partial charge is 0.385 e. The standard InChI is InChI=1S/C12H13BrN2O2/c1-3-10(16)11-14-12(17-15-11)8-4-5-9(13)7(2)6-8/h4-6,10,16H,3H2,1-2H3. The first-order chi connectivity index (χ1) is 8.11. The zero-order valence-electron chi connectivity index (χ0n) is 9.64. The lowest BCUT2D eigenvalue weighted by Gasteiger charge is -2.00. The second-order valence-electron chi connectivity index (χ2n) is 3.85. The van der Waals surface area contributed by atoms with Gasteiger partial charge in [0.1, 0.15) is 6.10 Å². The summed E-state index contributed by atoms with van der Waals surface area (Å²) in [5, 5.41) is 13.4. The highest BCUT2D eigenvalue weighted by molar-refractivity contribution is 9.10. The van der Waals surface area contributed by atoms with Gasteiger partial charge < -0.3 is 9.63 Å². The predicted octanol–water partition coefficient (Wildman–Crippen LogP) is 3.25. The van der Waals surface area contributed by atoms with Crippen LogP contribution >= 0.6 is 15.9 Å². The van der Waals surface area contributed by atoms with Gasteiger partial charge in [-0.15, -0.1) is 0 Å². The first-order valence-corrected chi connectivity index (χ1v) is 6.19. The van der Waals surface area contributed by atoms with Gasteiger partial charge in [-0.25, -0.2) is 0 Å². The third kappa shape index (κ3) is 2.56. The van der Waals surface area contributed by atoms with Crippen LogP contribution < -0.4 is 0 Å². The Hall–Kier alpha value is -1.20. The van der Waals surface area contributed by atoms with E-state index in [-0.39, 0.29) is 0 Å². The number of nitrogens with zero attached hydrogens (tertiary/aromatic N) is 2. The second-order valence-corrected chi connectivity index (χ2v) is 4.70. The van der Waals surface area contributed by atoms with Gasteiger partial charge in [-0.2, -0.15) is 4.98 Å². The van der Waals surface area contributed by atoms with Crippen LogP contribution in [0.1, 0.15) is 30.8 Å². The molecular weight excluding hydrogens is 284 g/mol. The Balaban J connectivity index is 2.33. The Bertz CT molecular complexity index is 525. The summed E-state index contributed by atoms with van der Waals surface area (Å²) >= 11 is 3.43. The van der Waals surface area contributed by atoms with Gasteiger partial charge >= 0.3 is 0 Å². The van der Waals surface area contributed by atoms with E-state index in [0.717, 1.165) is 15.6 Å². The number of hydrogen-bond acceptors (Lipinski definition) is 4. The molecule has 1 N–H and O–H groups in total.